The Kier molecular flexibility index (Phi) is 4.15. The average Bonchev–Trinajstić information content (AvgIpc) is 2.41. The number of anilines is 1. The van der Waals surface area contributed by atoms with Crippen molar-refractivity contribution < 1.29 is 13.3 Å². The van der Waals surface area contributed by atoms with E-state index in [0.717, 1.165) is 11.6 Å². The highest BCUT2D eigenvalue weighted by molar-refractivity contribution is 7.92. The van der Waals surface area contributed by atoms with Crippen molar-refractivity contribution in [2.75, 3.05) is 4.72 Å². The molecule has 2 aromatic carbocycles. The standard InChI is InChI=1S/C13H11ClN2O4S/c1-9-4-2-3-5-12(9)15-21(19,20)10-6-7-11(14)13(8-10)16(17)18/h2-8,15H,1H3. The van der Waals surface area contributed by atoms with Crippen LogP contribution in [0.5, 0.6) is 0 Å². The molecule has 0 spiro atoms. The zero-order chi connectivity index (χ0) is 15.6. The van der Waals surface area contributed by atoms with E-state index in [1.807, 2.05) is 0 Å². The molecule has 21 heavy (non-hydrogen) atoms. The molecule has 2 aromatic rings. The minimum absolute atomic E-state index is 0.116. The number of rotatable bonds is 4. The Morgan fingerprint density at radius 3 is 2.48 bits per heavy atom. The van der Waals surface area contributed by atoms with E-state index in [1.54, 1.807) is 31.2 Å². The quantitative estimate of drug-likeness (QED) is 0.689. The average molecular weight is 327 g/mol. The van der Waals surface area contributed by atoms with Crippen molar-refractivity contribution >= 4 is 33.0 Å². The summed E-state index contributed by atoms with van der Waals surface area (Å²) in [6.45, 7) is 1.75. The Hall–Kier alpha value is -2.12. The maximum atomic E-state index is 12.3. The van der Waals surface area contributed by atoms with Gasteiger partial charge in [-0.3, -0.25) is 14.8 Å². The van der Waals surface area contributed by atoms with Gasteiger partial charge in [0.2, 0.25) is 0 Å². The number of nitro groups is 1. The molecule has 0 aliphatic rings. The van der Waals surface area contributed by atoms with Crippen molar-refractivity contribution in [3.8, 4) is 0 Å². The Morgan fingerprint density at radius 1 is 1.19 bits per heavy atom. The highest BCUT2D eigenvalue weighted by Gasteiger charge is 2.21. The van der Waals surface area contributed by atoms with Crippen molar-refractivity contribution in [3.05, 3.63) is 63.2 Å². The number of sulfonamides is 1. The summed E-state index contributed by atoms with van der Waals surface area (Å²) in [7, 11) is -3.92. The molecular weight excluding hydrogens is 316 g/mol. The first-order valence-electron chi connectivity index (χ1n) is 5.83. The normalized spacial score (nSPS) is 11.1. The second-order valence-electron chi connectivity index (χ2n) is 4.29. The molecule has 0 saturated carbocycles. The fourth-order valence-electron chi connectivity index (χ4n) is 1.69. The summed E-state index contributed by atoms with van der Waals surface area (Å²) < 4.78 is 26.9. The molecule has 0 saturated heterocycles. The van der Waals surface area contributed by atoms with Crippen LogP contribution in [0.2, 0.25) is 5.02 Å². The van der Waals surface area contributed by atoms with Crippen LogP contribution < -0.4 is 4.72 Å². The fourth-order valence-corrected chi connectivity index (χ4v) is 3.03. The molecule has 0 fully saturated rings. The van der Waals surface area contributed by atoms with E-state index in [9.17, 15) is 18.5 Å². The lowest BCUT2D eigenvalue weighted by Gasteiger charge is -2.10. The van der Waals surface area contributed by atoms with Crippen LogP contribution in [0, 0.1) is 17.0 Å². The third kappa shape index (κ3) is 3.32. The minimum atomic E-state index is -3.92. The van der Waals surface area contributed by atoms with Gasteiger partial charge in [0.1, 0.15) is 5.02 Å². The van der Waals surface area contributed by atoms with Crippen LogP contribution in [0.25, 0.3) is 0 Å². The molecule has 8 heteroatoms. The smallest absolute Gasteiger partial charge is 0.279 e. The molecule has 0 aliphatic carbocycles. The number of nitrogens with zero attached hydrogens (tertiary/aromatic N) is 1. The Balaban J connectivity index is 2.43. The SMILES string of the molecule is Cc1ccccc1NS(=O)(=O)c1ccc(Cl)c([N+](=O)[O-])c1. The number of halogens is 1. The van der Waals surface area contributed by atoms with E-state index in [1.165, 1.54) is 12.1 Å². The molecular formula is C13H11ClN2O4S. The molecule has 2 rings (SSSR count). The predicted molar refractivity (Wildman–Crippen MR) is 80.1 cm³/mol. The van der Waals surface area contributed by atoms with Crippen LogP contribution in [0.3, 0.4) is 0 Å². The second kappa shape index (κ2) is 5.71. The first-order valence-corrected chi connectivity index (χ1v) is 7.70. The minimum Gasteiger partial charge on any atom is -0.279 e. The third-order valence-electron chi connectivity index (χ3n) is 2.81. The number of nitrogens with one attached hydrogen (secondary N) is 1. The van der Waals surface area contributed by atoms with Gasteiger partial charge in [0.15, 0.2) is 0 Å². The largest absolute Gasteiger partial charge is 0.289 e. The summed E-state index contributed by atoms with van der Waals surface area (Å²) in [5, 5.41) is 10.7. The van der Waals surface area contributed by atoms with Gasteiger partial charge < -0.3 is 0 Å². The first kappa shape index (κ1) is 15.3. The van der Waals surface area contributed by atoms with E-state index >= 15 is 0 Å². The fraction of sp³-hybridized carbons (Fsp3) is 0.0769. The molecule has 0 radical (unpaired) electrons. The van der Waals surface area contributed by atoms with Crippen molar-refractivity contribution in [2.45, 2.75) is 11.8 Å². The highest BCUT2D eigenvalue weighted by atomic mass is 35.5. The molecule has 0 heterocycles. The number of benzene rings is 2. The molecule has 0 unspecified atom stereocenters. The van der Waals surface area contributed by atoms with E-state index < -0.39 is 20.6 Å². The molecule has 0 atom stereocenters. The molecule has 0 bridgehead atoms. The van der Waals surface area contributed by atoms with E-state index in [-0.39, 0.29) is 9.92 Å². The van der Waals surface area contributed by atoms with Gasteiger partial charge >= 0.3 is 0 Å². The summed E-state index contributed by atoms with van der Waals surface area (Å²) in [6.07, 6.45) is 0. The predicted octanol–water partition coefficient (Wildman–Crippen LogP) is 3.36. The second-order valence-corrected chi connectivity index (χ2v) is 6.38. The van der Waals surface area contributed by atoms with Crippen LogP contribution in [-0.4, -0.2) is 13.3 Å². The molecule has 6 nitrogen and oxygen atoms in total. The summed E-state index contributed by atoms with van der Waals surface area (Å²) >= 11 is 5.67. The van der Waals surface area contributed by atoms with Crippen molar-refractivity contribution in [3.63, 3.8) is 0 Å². The molecule has 0 aromatic heterocycles. The zero-order valence-electron chi connectivity index (χ0n) is 10.9. The summed E-state index contributed by atoms with van der Waals surface area (Å²) in [4.78, 5) is 9.87. The first-order chi connectivity index (χ1) is 9.81. The van der Waals surface area contributed by atoms with Gasteiger partial charge in [-0.2, -0.15) is 0 Å². The van der Waals surface area contributed by atoms with Crippen LogP contribution in [0.1, 0.15) is 5.56 Å². The van der Waals surface area contributed by atoms with E-state index in [0.29, 0.717) is 5.69 Å². The summed E-state index contributed by atoms with van der Waals surface area (Å²) in [5.74, 6) is 0. The van der Waals surface area contributed by atoms with Gasteiger partial charge in [-0.05, 0) is 30.7 Å². The number of nitro benzene ring substituents is 1. The van der Waals surface area contributed by atoms with Crippen LogP contribution in [0.4, 0.5) is 11.4 Å². The van der Waals surface area contributed by atoms with Gasteiger partial charge in [0, 0.05) is 6.07 Å². The van der Waals surface area contributed by atoms with Crippen molar-refractivity contribution in [1.82, 2.24) is 0 Å². The van der Waals surface area contributed by atoms with Crippen LogP contribution in [0.15, 0.2) is 47.4 Å². The lowest BCUT2D eigenvalue weighted by Crippen LogP contribution is -2.14. The summed E-state index contributed by atoms with van der Waals surface area (Å²) in [6, 6.07) is 10.2. The topological polar surface area (TPSA) is 89.3 Å². The van der Waals surface area contributed by atoms with Gasteiger partial charge in [0.05, 0.1) is 15.5 Å². The van der Waals surface area contributed by atoms with Crippen molar-refractivity contribution in [1.29, 1.82) is 0 Å². The van der Waals surface area contributed by atoms with Crippen molar-refractivity contribution in [2.24, 2.45) is 0 Å². The van der Waals surface area contributed by atoms with Gasteiger partial charge in [-0.1, -0.05) is 29.8 Å². The number of hydrogen-bond acceptors (Lipinski definition) is 4. The third-order valence-corrected chi connectivity index (χ3v) is 4.50. The maximum absolute atomic E-state index is 12.3. The van der Waals surface area contributed by atoms with Gasteiger partial charge in [0.25, 0.3) is 15.7 Å². The Morgan fingerprint density at radius 2 is 1.86 bits per heavy atom. The lowest BCUT2D eigenvalue weighted by atomic mass is 10.2. The molecule has 1 N–H and O–H groups in total. The monoisotopic (exact) mass is 326 g/mol. The molecule has 0 aliphatic heterocycles. The number of para-hydroxylation sites is 1. The van der Waals surface area contributed by atoms with Gasteiger partial charge in [-0.25, -0.2) is 8.42 Å². The summed E-state index contributed by atoms with van der Waals surface area (Å²) in [5.41, 5.74) is 0.698. The number of aryl methyl sites for hydroxylation is 1. The lowest BCUT2D eigenvalue weighted by molar-refractivity contribution is -0.384. The number of hydrogen-bond donors (Lipinski definition) is 1. The van der Waals surface area contributed by atoms with Crippen LogP contribution >= 0.6 is 11.6 Å². The Bertz CT molecular complexity index is 806. The Labute approximate surface area is 126 Å². The van der Waals surface area contributed by atoms with E-state index in [4.69, 9.17) is 11.6 Å². The highest BCUT2D eigenvalue weighted by Crippen LogP contribution is 2.28. The van der Waals surface area contributed by atoms with Crippen LogP contribution in [-0.2, 0) is 10.0 Å². The zero-order valence-corrected chi connectivity index (χ0v) is 12.5. The molecule has 110 valence electrons. The maximum Gasteiger partial charge on any atom is 0.289 e. The van der Waals surface area contributed by atoms with E-state index in [2.05, 4.69) is 4.72 Å². The van der Waals surface area contributed by atoms with Gasteiger partial charge in [-0.15, -0.1) is 0 Å². The molecule has 0 amide bonds.